The lowest BCUT2D eigenvalue weighted by atomic mass is 9.87. The van der Waals surface area contributed by atoms with E-state index in [2.05, 4.69) is 10.1 Å². The van der Waals surface area contributed by atoms with Gasteiger partial charge in [0.2, 0.25) is 0 Å². The third-order valence-corrected chi connectivity index (χ3v) is 8.74. The molecule has 0 unspecified atom stereocenters. The Morgan fingerprint density at radius 3 is 2.58 bits per heavy atom. The summed E-state index contributed by atoms with van der Waals surface area (Å²) in [5.74, 6) is 0.493. The van der Waals surface area contributed by atoms with E-state index in [1.165, 1.54) is 16.0 Å². The third-order valence-electron chi connectivity index (χ3n) is 7.58. The molecule has 2 aliphatic rings. The lowest BCUT2D eigenvalue weighted by molar-refractivity contribution is 0.0513. The maximum absolute atomic E-state index is 13.3. The fraction of sp³-hybridized carbons (Fsp3) is 0.414. The Labute approximate surface area is 234 Å². The van der Waals surface area contributed by atoms with E-state index in [1.54, 1.807) is 38.8 Å². The quantitative estimate of drug-likeness (QED) is 0.338. The minimum Gasteiger partial charge on any atom is -0.445 e. The van der Waals surface area contributed by atoms with Crippen molar-refractivity contribution in [2.75, 3.05) is 0 Å². The molecule has 40 heavy (non-hydrogen) atoms. The Morgan fingerprint density at radius 1 is 1.15 bits per heavy atom. The zero-order valence-electron chi connectivity index (χ0n) is 22.9. The molecular formula is C29H31N5O5S. The fourth-order valence-electron chi connectivity index (χ4n) is 5.79. The van der Waals surface area contributed by atoms with Gasteiger partial charge in [-0.05, 0) is 65.0 Å². The number of carbonyl (C=O) groups excluding carboxylic acids is 2. The van der Waals surface area contributed by atoms with Gasteiger partial charge in [0.25, 0.3) is 5.56 Å². The first kappa shape index (κ1) is 26.2. The molecule has 208 valence electrons. The van der Waals surface area contributed by atoms with Gasteiger partial charge in [0.05, 0.1) is 11.2 Å². The predicted octanol–water partition coefficient (Wildman–Crippen LogP) is 5.73. The number of aromatic amines is 1. The normalized spacial score (nSPS) is 20.3. The topological polar surface area (TPSA) is 119 Å². The van der Waals surface area contributed by atoms with Gasteiger partial charge in [0, 0.05) is 22.7 Å². The highest BCUT2D eigenvalue weighted by Gasteiger charge is 2.57. The molecule has 5 heterocycles. The summed E-state index contributed by atoms with van der Waals surface area (Å²) in [5.41, 5.74) is 1.21. The van der Waals surface area contributed by atoms with Crippen LogP contribution >= 0.6 is 11.3 Å². The van der Waals surface area contributed by atoms with E-state index in [0.29, 0.717) is 34.6 Å². The number of ether oxygens (including phenoxy) is 2. The molecule has 1 amide bonds. The first-order chi connectivity index (χ1) is 19.0. The van der Waals surface area contributed by atoms with Crippen molar-refractivity contribution in [3.63, 3.8) is 0 Å². The van der Waals surface area contributed by atoms with E-state index >= 15 is 0 Å². The van der Waals surface area contributed by atoms with Crippen LogP contribution in [0.1, 0.15) is 63.5 Å². The molecule has 4 aromatic rings. The van der Waals surface area contributed by atoms with Gasteiger partial charge in [0.1, 0.15) is 28.3 Å². The first-order valence-corrected chi connectivity index (χ1v) is 14.2. The lowest BCUT2D eigenvalue weighted by Crippen LogP contribution is -2.45. The van der Waals surface area contributed by atoms with Crippen LogP contribution in [-0.4, -0.2) is 48.5 Å². The molecule has 0 aliphatic carbocycles. The summed E-state index contributed by atoms with van der Waals surface area (Å²) in [6.45, 7) is 7.38. The number of nitrogens with one attached hydrogen (secondary N) is 1. The maximum atomic E-state index is 13.3. The van der Waals surface area contributed by atoms with Crippen LogP contribution in [-0.2, 0) is 21.6 Å². The van der Waals surface area contributed by atoms with Crippen LogP contribution in [0.2, 0.25) is 0 Å². The smallest absolute Gasteiger partial charge is 0.435 e. The molecular weight excluding hydrogens is 530 g/mol. The lowest BCUT2D eigenvalue weighted by Gasteiger charge is -2.33. The minimum atomic E-state index is -0.703. The number of aryl methyl sites for hydroxylation is 1. The molecule has 2 fully saturated rings. The van der Waals surface area contributed by atoms with Crippen LogP contribution in [0.15, 0.2) is 47.4 Å². The van der Waals surface area contributed by atoms with Gasteiger partial charge in [-0.1, -0.05) is 30.3 Å². The second-order valence-corrected chi connectivity index (χ2v) is 12.5. The average molecular weight is 562 g/mol. The summed E-state index contributed by atoms with van der Waals surface area (Å²) in [7, 11) is 0. The summed E-state index contributed by atoms with van der Waals surface area (Å²) < 4.78 is 12.8. The zero-order chi connectivity index (χ0) is 28.2. The highest BCUT2D eigenvalue weighted by Crippen LogP contribution is 2.52. The first-order valence-electron chi connectivity index (χ1n) is 13.4. The summed E-state index contributed by atoms with van der Waals surface area (Å²) >= 11 is 1.29. The molecule has 2 saturated heterocycles. The summed E-state index contributed by atoms with van der Waals surface area (Å²) in [6.07, 6.45) is 3.75. The van der Waals surface area contributed by atoms with Gasteiger partial charge in [-0.2, -0.15) is 9.78 Å². The van der Waals surface area contributed by atoms with Gasteiger partial charge in [-0.3, -0.25) is 9.69 Å². The van der Waals surface area contributed by atoms with Crippen LogP contribution < -0.4 is 5.56 Å². The van der Waals surface area contributed by atoms with Crippen molar-refractivity contribution < 1.29 is 19.1 Å². The summed E-state index contributed by atoms with van der Waals surface area (Å²) in [6, 6.07) is 11.5. The van der Waals surface area contributed by atoms with E-state index in [4.69, 9.17) is 14.5 Å². The monoisotopic (exact) mass is 561 g/mol. The zero-order valence-corrected chi connectivity index (χ0v) is 23.7. The van der Waals surface area contributed by atoms with Crippen LogP contribution in [0.25, 0.3) is 20.7 Å². The van der Waals surface area contributed by atoms with Crippen LogP contribution in [0.3, 0.4) is 0 Å². The van der Waals surface area contributed by atoms with E-state index in [0.717, 1.165) is 28.8 Å². The average Bonchev–Trinajstić information content (AvgIpc) is 3.68. The number of nitrogens with zero attached hydrogens (tertiary/aromatic N) is 4. The Balaban J connectivity index is 1.31. The van der Waals surface area contributed by atoms with Gasteiger partial charge < -0.3 is 14.5 Å². The van der Waals surface area contributed by atoms with Crippen LogP contribution in [0.5, 0.6) is 0 Å². The van der Waals surface area contributed by atoms with E-state index < -0.39 is 17.2 Å². The van der Waals surface area contributed by atoms with Crippen molar-refractivity contribution in [3.05, 3.63) is 70.0 Å². The molecule has 2 bridgehead atoms. The Kier molecular flexibility index (Phi) is 6.29. The van der Waals surface area contributed by atoms with E-state index in [-0.39, 0.29) is 24.3 Å². The van der Waals surface area contributed by atoms with Gasteiger partial charge in [0.15, 0.2) is 0 Å². The van der Waals surface area contributed by atoms with E-state index in [1.807, 2.05) is 36.4 Å². The van der Waals surface area contributed by atoms with Crippen molar-refractivity contribution in [3.8, 4) is 10.4 Å². The standard InChI is InChI=1S/C29H31N5O5S/c1-17-20(15-33(32-17)26(36)39-28(2,3)4)22-14-21-23(40-22)24(35)31-25(30-21)29-12-10-19(11-13-29)34(29)27(37)38-16-18-8-6-5-7-9-18/h5-9,14-15,19H,10-13,16H2,1-4H3,(H,30,31,35). The maximum Gasteiger partial charge on any atom is 0.435 e. The number of H-pyrrole nitrogens is 1. The molecule has 0 radical (unpaired) electrons. The number of aromatic nitrogens is 4. The molecule has 1 N–H and O–H groups in total. The van der Waals surface area contributed by atoms with Crippen molar-refractivity contribution >= 4 is 33.7 Å². The van der Waals surface area contributed by atoms with Crippen LogP contribution in [0.4, 0.5) is 9.59 Å². The van der Waals surface area contributed by atoms with Gasteiger partial charge in [-0.15, -0.1) is 11.3 Å². The molecule has 0 atom stereocenters. The molecule has 0 saturated carbocycles. The highest BCUT2D eigenvalue weighted by atomic mass is 32.1. The number of fused-ring (bicyclic) bond motifs is 3. The van der Waals surface area contributed by atoms with Gasteiger partial charge >= 0.3 is 12.2 Å². The number of hydrogen-bond donors (Lipinski definition) is 1. The van der Waals surface area contributed by atoms with Crippen molar-refractivity contribution in [1.82, 2.24) is 24.6 Å². The number of benzene rings is 1. The van der Waals surface area contributed by atoms with Crippen molar-refractivity contribution in [2.24, 2.45) is 0 Å². The molecule has 1 aromatic carbocycles. The Bertz CT molecular complexity index is 1660. The number of amides is 1. The molecule has 3 aromatic heterocycles. The second kappa shape index (κ2) is 9.58. The number of rotatable bonds is 4. The minimum absolute atomic E-state index is 0.0589. The van der Waals surface area contributed by atoms with Crippen LogP contribution in [0, 0.1) is 6.92 Å². The summed E-state index contributed by atoms with van der Waals surface area (Å²) in [5, 5.41) is 4.33. The van der Waals surface area contributed by atoms with Gasteiger partial charge in [-0.25, -0.2) is 14.6 Å². The largest absolute Gasteiger partial charge is 0.445 e. The van der Waals surface area contributed by atoms with Crippen molar-refractivity contribution in [2.45, 2.75) is 77.2 Å². The SMILES string of the molecule is Cc1nn(C(=O)OC(C)(C)C)cc1-c1cc2nc(C34CCC(CC3)N4C(=O)OCc3ccccc3)[nH]c(=O)c2s1. The van der Waals surface area contributed by atoms with Crippen molar-refractivity contribution in [1.29, 1.82) is 0 Å². The Morgan fingerprint density at radius 2 is 1.88 bits per heavy atom. The molecule has 11 heteroatoms. The molecule has 2 aliphatic heterocycles. The fourth-order valence-corrected chi connectivity index (χ4v) is 6.84. The molecule has 0 spiro atoms. The van der Waals surface area contributed by atoms with E-state index in [9.17, 15) is 14.4 Å². The summed E-state index contributed by atoms with van der Waals surface area (Å²) in [4.78, 5) is 49.6. The second-order valence-electron chi connectivity index (χ2n) is 11.5. The number of hydrogen-bond acceptors (Lipinski definition) is 8. The predicted molar refractivity (Wildman–Crippen MR) is 150 cm³/mol. The number of carbonyl (C=O) groups is 2. The third kappa shape index (κ3) is 4.57. The molecule has 10 nitrogen and oxygen atoms in total. The molecule has 6 rings (SSSR count). The highest BCUT2D eigenvalue weighted by molar-refractivity contribution is 7.22. The Hall–Kier alpha value is -3.99. The number of thiophene rings is 1.